The topological polar surface area (TPSA) is 111 Å². The molecule has 5 heterocycles. The summed E-state index contributed by atoms with van der Waals surface area (Å²) in [6.45, 7) is 4.45. The highest BCUT2D eigenvalue weighted by Gasteiger charge is 2.21. The molecule has 1 atom stereocenters. The van der Waals surface area contributed by atoms with Gasteiger partial charge in [-0.2, -0.15) is 19.7 Å². The highest BCUT2D eigenvalue weighted by Crippen LogP contribution is 2.27. The molecule has 1 saturated heterocycles. The predicted octanol–water partition coefficient (Wildman–Crippen LogP) is 2.62. The molecule has 0 aliphatic carbocycles. The van der Waals surface area contributed by atoms with Crippen LogP contribution in [0.4, 0.5) is 16.0 Å². The molecule has 0 spiro atoms. The molecule has 1 aliphatic rings. The van der Waals surface area contributed by atoms with Crippen LogP contribution in [0.3, 0.4) is 0 Å². The molecule has 6 rings (SSSR count). The number of hydrogen-bond acceptors (Lipinski definition) is 8. The third-order valence-corrected chi connectivity index (χ3v) is 7.52. The van der Waals surface area contributed by atoms with Gasteiger partial charge >= 0.3 is 0 Å². The van der Waals surface area contributed by atoms with E-state index in [4.69, 9.17) is 10.2 Å². The molecule has 0 amide bonds. The SMILES string of the molecule is CS(=O)c1ccc(N2CCN(CCn3ncc4c3nc(N)n3nc(-c5ccco5)cc43)CC2)c(F)c1. The first-order chi connectivity index (χ1) is 17.5. The van der Waals surface area contributed by atoms with Crippen LogP contribution in [0.15, 0.2) is 58.2 Å². The summed E-state index contributed by atoms with van der Waals surface area (Å²) in [4.78, 5) is 9.42. The Kier molecular flexibility index (Phi) is 5.69. The van der Waals surface area contributed by atoms with Crippen LogP contribution in [0.5, 0.6) is 0 Å². The first-order valence-corrected chi connectivity index (χ1v) is 13.2. The zero-order valence-corrected chi connectivity index (χ0v) is 20.5. The van der Waals surface area contributed by atoms with Gasteiger partial charge in [-0.1, -0.05) is 0 Å². The molecule has 1 unspecified atom stereocenters. The predicted molar refractivity (Wildman–Crippen MR) is 136 cm³/mol. The van der Waals surface area contributed by atoms with Gasteiger partial charge in [0.05, 0.1) is 35.6 Å². The molecular weight excluding hydrogens is 483 g/mol. The largest absolute Gasteiger partial charge is 0.463 e. The maximum atomic E-state index is 14.6. The van der Waals surface area contributed by atoms with Crippen LogP contribution < -0.4 is 10.6 Å². The van der Waals surface area contributed by atoms with Crippen molar-refractivity contribution < 1.29 is 13.0 Å². The number of anilines is 2. The highest BCUT2D eigenvalue weighted by atomic mass is 32.2. The van der Waals surface area contributed by atoms with E-state index in [1.807, 2.05) is 27.8 Å². The molecule has 5 aromatic rings. The summed E-state index contributed by atoms with van der Waals surface area (Å²) >= 11 is 0. The average Bonchev–Trinajstić information content (AvgIpc) is 3.63. The van der Waals surface area contributed by atoms with Crippen molar-refractivity contribution in [3.63, 3.8) is 0 Å². The fourth-order valence-corrected chi connectivity index (χ4v) is 5.19. The molecular formula is C24H25FN8O2S. The van der Waals surface area contributed by atoms with Crippen molar-refractivity contribution in [1.82, 2.24) is 29.3 Å². The number of halogens is 1. The smallest absolute Gasteiger partial charge is 0.223 e. The number of nitrogen functional groups attached to an aromatic ring is 1. The quantitative estimate of drug-likeness (QED) is 0.373. The Labute approximate surface area is 208 Å². The second kappa shape index (κ2) is 9.03. The van der Waals surface area contributed by atoms with Gasteiger partial charge in [-0.05, 0) is 36.4 Å². The standard InChI is InChI=1S/C24H25FN8O2S/c1-36(34)16-4-5-20(18(25)13-16)31-9-6-30(7-10-31)8-11-32-23-17(15-27-32)21-14-19(22-3-2-12-35-22)29-33(21)24(26)28-23/h2-5,12-15H,6-11H2,1H3,(H2,26,28). The molecule has 1 fully saturated rings. The normalized spacial score (nSPS) is 15.8. The van der Waals surface area contributed by atoms with Crippen molar-refractivity contribution in [1.29, 1.82) is 0 Å². The molecule has 4 aromatic heterocycles. The maximum absolute atomic E-state index is 14.6. The molecule has 10 nitrogen and oxygen atoms in total. The minimum atomic E-state index is -1.20. The van der Waals surface area contributed by atoms with Crippen molar-refractivity contribution in [2.45, 2.75) is 11.4 Å². The van der Waals surface area contributed by atoms with Crippen LogP contribution >= 0.6 is 0 Å². The van der Waals surface area contributed by atoms with E-state index in [1.165, 1.54) is 6.07 Å². The van der Waals surface area contributed by atoms with E-state index in [0.29, 0.717) is 47.3 Å². The van der Waals surface area contributed by atoms with Gasteiger partial charge in [0.2, 0.25) is 5.95 Å². The van der Waals surface area contributed by atoms with E-state index in [9.17, 15) is 8.60 Å². The lowest BCUT2D eigenvalue weighted by Gasteiger charge is -2.36. The molecule has 0 bridgehead atoms. The number of benzene rings is 1. The van der Waals surface area contributed by atoms with Crippen molar-refractivity contribution in [3.8, 4) is 11.5 Å². The number of hydrogen-bond donors (Lipinski definition) is 1. The number of fused-ring (bicyclic) bond motifs is 3. The van der Waals surface area contributed by atoms with Crippen molar-refractivity contribution in [2.24, 2.45) is 0 Å². The van der Waals surface area contributed by atoms with Crippen LogP contribution in [0.1, 0.15) is 0 Å². The Morgan fingerprint density at radius 3 is 2.69 bits per heavy atom. The summed E-state index contributed by atoms with van der Waals surface area (Å²) in [6.07, 6.45) is 4.95. The Hall–Kier alpha value is -3.77. The van der Waals surface area contributed by atoms with E-state index in [0.717, 1.165) is 30.5 Å². The van der Waals surface area contributed by atoms with Crippen molar-refractivity contribution in [2.75, 3.05) is 49.6 Å². The fourth-order valence-electron chi connectivity index (χ4n) is 4.66. The molecule has 2 N–H and O–H groups in total. The van der Waals surface area contributed by atoms with Gasteiger partial charge in [-0.15, -0.1) is 0 Å². The van der Waals surface area contributed by atoms with E-state index < -0.39 is 10.8 Å². The Balaban J connectivity index is 1.14. The van der Waals surface area contributed by atoms with Gasteiger partial charge in [-0.3, -0.25) is 9.11 Å². The van der Waals surface area contributed by atoms with Gasteiger partial charge in [0.25, 0.3) is 0 Å². The lowest BCUT2D eigenvalue weighted by molar-refractivity contribution is 0.245. The highest BCUT2D eigenvalue weighted by molar-refractivity contribution is 7.84. The molecule has 12 heteroatoms. The van der Waals surface area contributed by atoms with E-state index in [2.05, 4.69) is 20.1 Å². The molecule has 0 radical (unpaired) electrons. The summed E-state index contributed by atoms with van der Waals surface area (Å²) in [6, 6.07) is 10.4. The molecule has 0 saturated carbocycles. The summed E-state index contributed by atoms with van der Waals surface area (Å²) in [7, 11) is -1.20. The number of aromatic nitrogens is 5. The minimum absolute atomic E-state index is 0.283. The van der Waals surface area contributed by atoms with Gasteiger partial charge in [0, 0.05) is 54.7 Å². The second-order valence-corrected chi connectivity index (χ2v) is 10.2. The third-order valence-electron chi connectivity index (χ3n) is 6.60. The van der Waals surface area contributed by atoms with E-state index in [1.54, 1.807) is 35.4 Å². The Morgan fingerprint density at radius 1 is 1.14 bits per heavy atom. The zero-order chi connectivity index (χ0) is 24.8. The summed E-state index contributed by atoms with van der Waals surface area (Å²) in [5.41, 5.74) is 8.99. The third kappa shape index (κ3) is 4.01. The van der Waals surface area contributed by atoms with Crippen LogP contribution in [0, 0.1) is 5.82 Å². The summed E-state index contributed by atoms with van der Waals surface area (Å²) in [5, 5.41) is 9.96. The van der Waals surface area contributed by atoms with Crippen LogP contribution in [-0.2, 0) is 17.3 Å². The lowest BCUT2D eigenvalue weighted by atomic mass is 10.2. The molecule has 36 heavy (non-hydrogen) atoms. The van der Waals surface area contributed by atoms with E-state index >= 15 is 0 Å². The van der Waals surface area contributed by atoms with Crippen LogP contribution in [0.2, 0.25) is 0 Å². The number of nitrogens with two attached hydrogens (primary N) is 1. The summed E-state index contributed by atoms with van der Waals surface area (Å²) in [5.74, 6) is 0.615. The number of piperazine rings is 1. The average molecular weight is 509 g/mol. The van der Waals surface area contributed by atoms with Crippen LogP contribution in [0.25, 0.3) is 28.0 Å². The molecule has 1 aromatic carbocycles. The van der Waals surface area contributed by atoms with Gasteiger partial charge in [-0.25, -0.2) is 9.07 Å². The number of nitrogens with zero attached hydrogens (tertiary/aromatic N) is 7. The zero-order valence-electron chi connectivity index (χ0n) is 19.7. The van der Waals surface area contributed by atoms with Gasteiger partial charge in [0.15, 0.2) is 11.4 Å². The number of furan rings is 1. The fraction of sp³-hybridized carbons (Fsp3) is 0.292. The Bertz CT molecular complexity index is 1570. The van der Waals surface area contributed by atoms with E-state index in [-0.39, 0.29) is 11.8 Å². The summed E-state index contributed by atoms with van der Waals surface area (Å²) < 4.78 is 35.1. The first kappa shape index (κ1) is 22.7. The number of rotatable bonds is 6. The van der Waals surface area contributed by atoms with Gasteiger partial charge < -0.3 is 15.1 Å². The maximum Gasteiger partial charge on any atom is 0.223 e. The second-order valence-electron chi connectivity index (χ2n) is 8.77. The van der Waals surface area contributed by atoms with Crippen molar-refractivity contribution in [3.05, 3.63) is 54.7 Å². The lowest BCUT2D eigenvalue weighted by Crippen LogP contribution is -2.47. The van der Waals surface area contributed by atoms with Crippen LogP contribution in [-0.4, -0.2) is 72.5 Å². The molecule has 1 aliphatic heterocycles. The Morgan fingerprint density at radius 2 is 1.97 bits per heavy atom. The first-order valence-electron chi connectivity index (χ1n) is 11.6. The monoisotopic (exact) mass is 508 g/mol. The van der Waals surface area contributed by atoms with Gasteiger partial charge in [0.1, 0.15) is 11.5 Å². The molecule has 186 valence electrons. The van der Waals surface area contributed by atoms with Crippen molar-refractivity contribution >= 4 is 39.0 Å². The minimum Gasteiger partial charge on any atom is -0.463 e.